The van der Waals surface area contributed by atoms with E-state index in [-0.39, 0.29) is 29.3 Å². The van der Waals surface area contributed by atoms with Crippen LogP contribution >= 0.6 is 15.9 Å². The minimum absolute atomic E-state index is 0.0785. The van der Waals surface area contributed by atoms with Gasteiger partial charge in [-0.05, 0) is 40.5 Å². The number of piperazine rings is 1. The van der Waals surface area contributed by atoms with Gasteiger partial charge in [-0.2, -0.15) is 0 Å². The van der Waals surface area contributed by atoms with Gasteiger partial charge in [0, 0.05) is 36.7 Å². The topological polar surface area (TPSA) is 57.7 Å². The fourth-order valence-corrected chi connectivity index (χ4v) is 5.47. The molecule has 8 heteroatoms. The Morgan fingerprint density at radius 3 is 2.48 bits per heavy atom. The number of rotatable bonds is 2. The highest BCUT2D eigenvalue weighted by Gasteiger charge is 2.34. The van der Waals surface area contributed by atoms with E-state index in [4.69, 9.17) is 0 Å². The molecule has 0 radical (unpaired) electrons. The lowest BCUT2D eigenvalue weighted by molar-refractivity contribution is 0.0587. The number of halogens is 2. The van der Waals surface area contributed by atoms with Crippen molar-refractivity contribution in [2.24, 2.45) is 0 Å². The average Bonchev–Trinajstić information content (AvgIpc) is 2.87. The molecule has 0 saturated carbocycles. The molecule has 2 saturated heterocycles. The van der Waals surface area contributed by atoms with Crippen molar-refractivity contribution >= 4 is 31.7 Å². The van der Waals surface area contributed by atoms with Crippen molar-refractivity contribution in [1.29, 1.82) is 0 Å². The maximum Gasteiger partial charge on any atom is 0.255 e. The molecule has 0 spiro atoms. The van der Waals surface area contributed by atoms with Gasteiger partial charge in [-0.3, -0.25) is 9.69 Å². The third-order valence-electron chi connectivity index (χ3n) is 4.49. The van der Waals surface area contributed by atoms with Gasteiger partial charge in [0.15, 0.2) is 9.84 Å². The highest BCUT2D eigenvalue weighted by atomic mass is 79.9. The normalized spacial score (nSPS) is 24.8. The number of carbonyl (C=O) groups is 1. The van der Waals surface area contributed by atoms with Crippen molar-refractivity contribution in [3.05, 3.63) is 34.1 Å². The third-order valence-corrected chi connectivity index (χ3v) is 6.89. The fourth-order valence-electron chi connectivity index (χ4n) is 3.19. The quantitative estimate of drug-likeness (QED) is 0.749. The van der Waals surface area contributed by atoms with E-state index in [1.807, 2.05) is 0 Å². The summed E-state index contributed by atoms with van der Waals surface area (Å²) in [6.07, 6.45) is 0.680. The van der Waals surface area contributed by atoms with Crippen LogP contribution in [0.2, 0.25) is 0 Å². The van der Waals surface area contributed by atoms with Gasteiger partial charge in [-0.1, -0.05) is 0 Å². The van der Waals surface area contributed by atoms with Gasteiger partial charge in [0.25, 0.3) is 5.91 Å². The van der Waals surface area contributed by atoms with Crippen LogP contribution in [0, 0.1) is 5.82 Å². The Labute approximate surface area is 143 Å². The van der Waals surface area contributed by atoms with Crippen LogP contribution in [0.3, 0.4) is 0 Å². The van der Waals surface area contributed by atoms with Crippen molar-refractivity contribution in [3.8, 4) is 0 Å². The molecule has 1 atom stereocenters. The number of hydrogen-bond acceptors (Lipinski definition) is 4. The summed E-state index contributed by atoms with van der Waals surface area (Å²) in [6.45, 7) is 2.45. The van der Waals surface area contributed by atoms with Crippen LogP contribution in [-0.4, -0.2) is 67.9 Å². The summed E-state index contributed by atoms with van der Waals surface area (Å²) < 4.78 is 36.7. The second-order valence-electron chi connectivity index (χ2n) is 6.01. The first-order valence-electron chi connectivity index (χ1n) is 7.54. The second kappa shape index (κ2) is 6.49. The second-order valence-corrected chi connectivity index (χ2v) is 9.09. The van der Waals surface area contributed by atoms with Crippen LogP contribution in [0.1, 0.15) is 16.8 Å². The van der Waals surface area contributed by atoms with Gasteiger partial charge < -0.3 is 4.90 Å². The summed E-state index contributed by atoms with van der Waals surface area (Å²) >= 11 is 3.23. The maximum absolute atomic E-state index is 13.1. The molecule has 0 aromatic heterocycles. The number of nitrogens with zero attached hydrogens (tertiary/aromatic N) is 2. The van der Waals surface area contributed by atoms with E-state index >= 15 is 0 Å². The van der Waals surface area contributed by atoms with Crippen molar-refractivity contribution in [3.63, 3.8) is 0 Å². The van der Waals surface area contributed by atoms with Gasteiger partial charge in [0.05, 0.1) is 17.1 Å². The lowest BCUT2D eigenvalue weighted by atomic mass is 10.1. The predicted octanol–water partition coefficient (Wildman–Crippen LogP) is 1.53. The standard InChI is InChI=1S/C15H18BrFN2O3S/c16-14-9-11(17)1-2-13(14)15(20)19-6-4-18(5-7-19)12-3-8-23(21,22)10-12/h1-2,9,12H,3-8,10H2/t12-/m1/s1. The zero-order valence-electron chi connectivity index (χ0n) is 12.5. The van der Waals surface area contributed by atoms with E-state index in [1.54, 1.807) is 4.90 Å². The van der Waals surface area contributed by atoms with Crippen LogP contribution in [0.5, 0.6) is 0 Å². The lowest BCUT2D eigenvalue weighted by Crippen LogP contribution is -2.52. The summed E-state index contributed by atoms with van der Waals surface area (Å²) in [7, 11) is -2.89. The number of sulfone groups is 1. The molecular formula is C15H18BrFN2O3S. The molecular weight excluding hydrogens is 387 g/mol. The van der Waals surface area contributed by atoms with Crippen molar-refractivity contribution in [2.75, 3.05) is 37.7 Å². The van der Waals surface area contributed by atoms with E-state index < -0.39 is 9.84 Å². The Kier molecular flexibility index (Phi) is 4.75. The Morgan fingerprint density at radius 2 is 1.91 bits per heavy atom. The van der Waals surface area contributed by atoms with Gasteiger partial charge in [-0.15, -0.1) is 0 Å². The molecule has 1 amide bonds. The molecule has 23 heavy (non-hydrogen) atoms. The molecule has 2 aliphatic rings. The van der Waals surface area contributed by atoms with E-state index in [0.29, 0.717) is 42.6 Å². The number of carbonyl (C=O) groups excluding carboxylic acids is 1. The van der Waals surface area contributed by atoms with Gasteiger partial charge in [-0.25, -0.2) is 12.8 Å². The van der Waals surface area contributed by atoms with Crippen LogP contribution in [0.4, 0.5) is 4.39 Å². The van der Waals surface area contributed by atoms with Crippen molar-refractivity contribution in [2.45, 2.75) is 12.5 Å². The summed E-state index contributed by atoms with van der Waals surface area (Å²) in [5.41, 5.74) is 0.447. The zero-order valence-corrected chi connectivity index (χ0v) is 14.9. The molecule has 2 fully saturated rings. The van der Waals surface area contributed by atoms with Gasteiger partial charge in [0.1, 0.15) is 5.82 Å². The Balaban J connectivity index is 1.61. The molecule has 126 valence electrons. The van der Waals surface area contributed by atoms with Gasteiger partial charge >= 0.3 is 0 Å². The number of amides is 1. The molecule has 1 aromatic carbocycles. The van der Waals surface area contributed by atoms with Gasteiger partial charge in [0.2, 0.25) is 0 Å². The molecule has 0 N–H and O–H groups in total. The maximum atomic E-state index is 13.1. The molecule has 2 aliphatic heterocycles. The monoisotopic (exact) mass is 404 g/mol. The average molecular weight is 405 g/mol. The first-order valence-corrected chi connectivity index (χ1v) is 10.2. The Hall–Kier alpha value is -0.990. The smallest absolute Gasteiger partial charge is 0.255 e. The molecule has 0 unspecified atom stereocenters. The highest BCUT2D eigenvalue weighted by molar-refractivity contribution is 9.10. The van der Waals surface area contributed by atoms with E-state index in [9.17, 15) is 17.6 Å². The third kappa shape index (κ3) is 3.75. The molecule has 3 rings (SSSR count). The minimum Gasteiger partial charge on any atom is -0.336 e. The number of benzene rings is 1. The molecule has 0 aliphatic carbocycles. The Morgan fingerprint density at radius 1 is 1.22 bits per heavy atom. The highest BCUT2D eigenvalue weighted by Crippen LogP contribution is 2.22. The SMILES string of the molecule is O=C(c1ccc(F)cc1Br)N1CCN([C@@H]2CCS(=O)(=O)C2)CC1. The van der Waals surface area contributed by atoms with E-state index in [1.165, 1.54) is 18.2 Å². The summed E-state index contributed by atoms with van der Waals surface area (Å²) in [5.74, 6) is -0.0275. The zero-order chi connectivity index (χ0) is 16.6. The summed E-state index contributed by atoms with van der Waals surface area (Å²) in [4.78, 5) is 16.4. The minimum atomic E-state index is -2.89. The van der Waals surface area contributed by atoms with E-state index in [2.05, 4.69) is 20.8 Å². The largest absolute Gasteiger partial charge is 0.336 e. The lowest BCUT2D eigenvalue weighted by Gasteiger charge is -2.37. The van der Waals surface area contributed by atoms with Crippen LogP contribution < -0.4 is 0 Å². The molecule has 5 nitrogen and oxygen atoms in total. The molecule has 0 bridgehead atoms. The van der Waals surface area contributed by atoms with Crippen LogP contribution in [0.25, 0.3) is 0 Å². The first kappa shape index (κ1) is 16.9. The fraction of sp³-hybridized carbons (Fsp3) is 0.533. The Bertz CT molecular complexity index is 717. The summed E-state index contributed by atoms with van der Waals surface area (Å²) in [6, 6.07) is 4.12. The molecule has 2 heterocycles. The van der Waals surface area contributed by atoms with E-state index in [0.717, 1.165) is 0 Å². The first-order chi connectivity index (χ1) is 10.9. The summed E-state index contributed by atoms with van der Waals surface area (Å²) in [5, 5.41) is 0. The predicted molar refractivity (Wildman–Crippen MR) is 88.6 cm³/mol. The molecule has 1 aromatic rings. The van der Waals surface area contributed by atoms with Crippen LogP contribution in [0.15, 0.2) is 22.7 Å². The van der Waals surface area contributed by atoms with Crippen LogP contribution in [-0.2, 0) is 9.84 Å². The van der Waals surface area contributed by atoms with Crippen molar-refractivity contribution < 1.29 is 17.6 Å². The van der Waals surface area contributed by atoms with Crippen molar-refractivity contribution in [1.82, 2.24) is 9.80 Å². The number of hydrogen-bond donors (Lipinski definition) is 0.